The molecule has 0 aliphatic heterocycles. The van der Waals surface area contributed by atoms with E-state index in [1.54, 1.807) is 0 Å². The summed E-state index contributed by atoms with van der Waals surface area (Å²) in [7, 11) is 0. The third kappa shape index (κ3) is 4.03. The lowest BCUT2D eigenvalue weighted by Gasteiger charge is -2.18. The van der Waals surface area contributed by atoms with Crippen LogP contribution >= 0.6 is 15.9 Å². The number of rotatable bonds is 3. The average molecular weight is 274 g/mol. The van der Waals surface area contributed by atoms with Crippen LogP contribution in [0, 0.1) is 5.41 Å². The average Bonchev–Trinajstić information content (AvgIpc) is 2.10. The molecule has 0 saturated carbocycles. The number of hydrogen-bond donors (Lipinski definition) is 2. The third-order valence-electron chi connectivity index (χ3n) is 1.96. The number of H-pyrrole nitrogens is 1. The first-order valence-corrected chi connectivity index (χ1v) is 5.66. The summed E-state index contributed by atoms with van der Waals surface area (Å²) in [5.41, 5.74) is 0.115. The minimum Gasteiger partial charge on any atom is -0.369 e. The summed E-state index contributed by atoms with van der Waals surface area (Å²) in [6.45, 7) is 7.33. The van der Waals surface area contributed by atoms with Crippen molar-refractivity contribution in [2.24, 2.45) is 5.41 Å². The van der Waals surface area contributed by atoms with E-state index >= 15 is 0 Å². The maximum Gasteiger partial charge on any atom is 0.267 e. The Kier molecular flexibility index (Phi) is 3.90. The van der Waals surface area contributed by atoms with E-state index in [2.05, 4.69) is 52.0 Å². The van der Waals surface area contributed by atoms with Gasteiger partial charge in [0.05, 0.1) is 6.33 Å². The van der Waals surface area contributed by atoms with Crippen LogP contribution in [0.1, 0.15) is 27.2 Å². The second-order valence-corrected chi connectivity index (χ2v) is 5.42. The Morgan fingerprint density at radius 1 is 1.53 bits per heavy atom. The molecule has 0 saturated heterocycles. The molecule has 1 aromatic rings. The van der Waals surface area contributed by atoms with E-state index in [1.165, 1.54) is 6.33 Å². The van der Waals surface area contributed by atoms with E-state index in [0.29, 0.717) is 10.3 Å². The Hall–Kier alpha value is -0.840. The number of nitrogens with zero attached hydrogens (tertiary/aromatic N) is 1. The van der Waals surface area contributed by atoms with Crippen LogP contribution in [0.5, 0.6) is 0 Å². The zero-order valence-electron chi connectivity index (χ0n) is 9.22. The molecule has 1 heterocycles. The molecule has 1 rings (SSSR count). The van der Waals surface area contributed by atoms with Crippen LogP contribution in [0.15, 0.2) is 15.6 Å². The molecule has 0 atom stereocenters. The molecule has 0 spiro atoms. The van der Waals surface area contributed by atoms with Gasteiger partial charge in [-0.05, 0) is 27.8 Å². The Morgan fingerprint density at radius 2 is 2.20 bits per heavy atom. The Labute approximate surface area is 97.6 Å². The van der Waals surface area contributed by atoms with E-state index < -0.39 is 0 Å². The van der Waals surface area contributed by atoms with Crippen LogP contribution in [0.4, 0.5) is 5.82 Å². The van der Waals surface area contributed by atoms with Crippen molar-refractivity contribution in [3.05, 3.63) is 21.2 Å². The second-order valence-electron chi connectivity index (χ2n) is 4.63. The van der Waals surface area contributed by atoms with E-state index in [0.717, 1.165) is 13.0 Å². The van der Waals surface area contributed by atoms with Crippen molar-refractivity contribution in [3.8, 4) is 0 Å². The van der Waals surface area contributed by atoms with Crippen LogP contribution < -0.4 is 10.9 Å². The summed E-state index contributed by atoms with van der Waals surface area (Å²) in [6, 6.07) is 0. The molecular formula is C10H16BrN3O. The van der Waals surface area contributed by atoms with Crippen LogP contribution in [0.25, 0.3) is 0 Å². The van der Waals surface area contributed by atoms with Crippen molar-refractivity contribution in [1.29, 1.82) is 0 Å². The maximum atomic E-state index is 11.2. The highest BCUT2D eigenvalue weighted by Gasteiger charge is 2.10. The van der Waals surface area contributed by atoms with Gasteiger partial charge >= 0.3 is 0 Å². The van der Waals surface area contributed by atoms with Crippen LogP contribution in [0.3, 0.4) is 0 Å². The van der Waals surface area contributed by atoms with Gasteiger partial charge in [-0.3, -0.25) is 4.79 Å². The van der Waals surface area contributed by atoms with Crippen molar-refractivity contribution >= 4 is 21.7 Å². The SMILES string of the molecule is CC(C)(C)CCNc1nc[nH]c(=O)c1Br. The molecule has 0 amide bonds. The van der Waals surface area contributed by atoms with Gasteiger partial charge < -0.3 is 10.3 Å². The van der Waals surface area contributed by atoms with Crippen molar-refractivity contribution in [1.82, 2.24) is 9.97 Å². The van der Waals surface area contributed by atoms with Crippen LogP contribution in [0.2, 0.25) is 0 Å². The number of hydrogen-bond acceptors (Lipinski definition) is 3. The predicted molar refractivity (Wildman–Crippen MR) is 65.1 cm³/mol. The lowest BCUT2D eigenvalue weighted by molar-refractivity contribution is 0.389. The zero-order chi connectivity index (χ0) is 11.5. The van der Waals surface area contributed by atoms with Crippen molar-refractivity contribution < 1.29 is 0 Å². The number of aromatic nitrogens is 2. The van der Waals surface area contributed by atoms with E-state index in [-0.39, 0.29) is 11.0 Å². The summed E-state index contributed by atoms with van der Waals surface area (Å²) in [5, 5.41) is 3.13. The highest BCUT2D eigenvalue weighted by atomic mass is 79.9. The summed E-state index contributed by atoms with van der Waals surface area (Å²) < 4.78 is 0.457. The van der Waals surface area contributed by atoms with Gasteiger partial charge in [0, 0.05) is 6.54 Å². The molecule has 0 unspecified atom stereocenters. The monoisotopic (exact) mass is 273 g/mol. The largest absolute Gasteiger partial charge is 0.369 e. The van der Waals surface area contributed by atoms with Crippen LogP contribution in [-0.2, 0) is 0 Å². The number of halogens is 1. The molecule has 2 N–H and O–H groups in total. The highest BCUT2D eigenvalue weighted by molar-refractivity contribution is 9.10. The Bertz CT molecular complexity index is 381. The summed E-state index contributed by atoms with van der Waals surface area (Å²) in [6.07, 6.45) is 2.42. The van der Waals surface area contributed by atoms with Gasteiger partial charge in [-0.15, -0.1) is 0 Å². The standard InChI is InChI=1S/C10H16BrN3O/c1-10(2,3)4-5-12-8-7(11)9(15)14-6-13-8/h6H,4-5H2,1-3H3,(H2,12,13,14,15). The topological polar surface area (TPSA) is 57.8 Å². The summed E-state index contributed by atoms with van der Waals surface area (Å²) in [4.78, 5) is 17.8. The van der Waals surface area contributed by atoms with Gasteiger partial charge in [-0.2, -0.15) is 0 Å². The lowest BCUT2D eigenvalue weighted by atomic mass is 9.92. The quantitative estimate of drug-likeness (QED) is 0.889. The summed E-state index contributed by atoms with van der Waals surface area (Å²) >= 11 is 3.19. The van der Waals surface area contributed by atoms with Crippen molar-refractivity contribution in [2.75, 3.05) is 11.9 Å². The maximum absolute atomic E-state index is 11.2. The second kappa shape index (κ2) is 4.79. The van der Waals surface area contributed by atoms with E-state index in [4.69, 9.17) is 0 Å². The zero-order valence-corrected chi connectivity index (χ0v) is 10.8. The molecule has 4 nitrogen and oxygen atoms in total. The molecule has 15 heavy (non-hydrogen) atoms. The van der Waals surface area contributed by atoms with Gasteiger partial charge in [0.25, 0.3) is 5.56 Å². The molecule has 1 aromatic heterocycles. The molecular weight excluding hydrogens is 258 g/mol. The predicted octanol–water partition coefficient (Wildman–Crippen LogP) is 2.38. The fourth-order valence-corrected chi connectivity index (χ4v) is 1.42. The van der Waals surface area contributed by atoms with Gasteiger partial charge in [0.1, 0.15) is 10.3 Å². The number of anilines is 1. The minimum absolute atomic E-state index is 0.164. The molecule has 84 valence electrons. The molecule has 0 fully saturated rings. The van der Waals surface area contributed by atoms with Gasteiger partial charge in [0.2, 0.25) is 0 Å². The highest BCUT2D eigenvalue weighted by Crippen LogP contribution is 2.19. The molecule has 0 aromatic carbocycles. The van der Waals surface area contributed by atoms with Crippen molar-refractivity contribution in [3.63, 3.8) is 0 Å². The lowest BCUT2D eigenvalue weighted by Crippen LogP contribution is -2.16. The van der Waals surface area contributed by atoms with Gasteiger partial charge in [-0.1, -0.05) is 20.8 Å². The summed E-state index contributed by atoms with van der Waals surface area (Å²) in [5.74, 6) is 0.600. The van der Waals surface area contributed by atoms with Crippen LogP contribution in [-0.4, -0.2) is 16.5 Å². The minimum atomic E-state index is -0.164. The van der Waals surface area contributed by atoms with E-state index in [1.807, 2.05) is 0 Å². The van der Waals surface area contributed by atoms with E-state index in [9.17, 15) is 4.79 Å². The molecule has 0 radical (unpaired) electrons. The number of nitrogens with one attached hydrogen (secondary N) is 2. The first-order valence-electron chi connectivity index (χ1n) is 4.87. The van der Waals surface area contributed by atoms with Gasteiger partial charge in [0.15, 0.2) is 0 Å². The number of aromatic amines is 1. The third-order valence-corrected chi connectivity index (χ3v) is 2.70. The molecule has 0 aliphatic rings. The molecule has 0 aliphatic carbocycles. The first-order chi connectivity index (χ1) is 6.90. The first kappa shape index (κ1) is 12.2. The molecule has 5 heteroatoms. The van der Waals surface area contributed by atoms with Gasteiger partial charge in [-0.25, -0.2) is 4.98 Å². The Balaban J connectivity index is 2.59. The smallest absolute Gasteiger partial charge is 0.267 e. The fourth-order valence-electron chi connectivity index (χ4n) is 1.06. The van der Waals surface area contributed by atoms with Crippen molar-refractivity contribution in [2.45, 2.75) is 27.2 Å². The normalized spacial score (nSPS) is 11.5. The fraction of sp³-hybridized carbons (Fsp3) is 0.600. The Morgan fingerprint density at radius 3 is 2.80 bits per heavy atom. The molecule has 0 bridgehead atoms.